The van der Waals surface area contributed by atoms with Crippen molar-refractivity contribution in [3.63, 3.8) is 0 Å². The molecule has 1 aromatic heterocycles. The van der Waals surface area contributed by atoms with Crippen LogP contribution >= 0.6 is 0 Å². The van der Waals surface area contributed by atoms with Gasteiger partial charge in [0.15, 0.2) is 0 Å². The largest absolute Gasteiger partial charge is 0.349 e. The summed E-state index contributed by atoms with van der Waals surface area (Å²) in [7, 11) is 0. The molecule has 1 fully saturated rings. The quantitative estimate of drug-likeness (QED) is 0.518. The highest BCUT2D eigenvalue weighted by Gasteiger charge is 2.38. The van der Waals surface area contributed by atoms with E-state index < -0.39 is 35.1 Å². The number of benzene rings is 2. The summed E-state index contributed by atoms with van der Waals surface area (Å²) < 4.78 is 13.8. The standard InChI is InChI=1S/C28H31FN4O3/c1-28(2,3)32-25(34)24(18-12-14-20(29)15-13-18)33(27(36)26(35)31-21-9-5-6-10-21)22-16-19-8-4-7-11-23(19)30-17-22/h4,7-8,11-17,21,24H,5-6,9-10H2,1-3H3,(H,31,35)(H,32,34)/t24-/m0/s1. The molecule has 8 heteroatoms. The lowest BCUT2D eigenvalue weighted by molar-refractivity contribution is -0.139. The number of amides is 3. The molecular weight excluding hydrogens is 459 g/mol. The number of nitrogens with zero attached hydrogens (tertiary/aromatic N) is 2. The molecule has 3 aromatic rings. The zero-order valence-electron chi connectivity index (χ0n) is 20.8. The SMILES string of the molecule is CC(C)(C)NC(=O)[C@H](c1ccc(F)cc1)N(C(=O)C(=O)NC1CCCC1)c1cnc2ccccc2c1. The van der Waals surface area contributed by atoms with Crippen LogP contribution in [0, 0.1) is 5.82 Å². The number of hydrogen-bond donors (Lipinski definition) is 2. The van der Waals surface area contributed by atoms with Gasteiger partial charge in [-0.15, -0.1) is 0 Å². The molecule has 0 bridgehead atoms. The summed E-state index contributed by atoms with van der Waals surface area (Å²) in [4.78, 5) is 46.2. The van der Waals surface area contributed by atoms with Gasteiger partial charge >= 0.3 is 11.8 Å². The Morgan fingerprint density at radius 3 is 2.36 bits per heavy atom. The van der Waals surface area contributed by atoms with Crippen molar-refractivity contribution in [2.75, 3.05) is 4.90 Å². The van der Waals surface area contributed by atoms with Gasteiger partial charge in [-0.05, 0) is 63.4 Å². The van der Waals surface area contributed by atoms with Crippen LogP contribution in [0.1, 0.15) is 58.1 Å². The summed E-state index contributed by atoms with van der Waals surface area (Å²) >= 11 is 0. The van der Waals surface area contributed by atoms with Gasteiger partial charge in [0, 0.05) is 17.0 Å². The summed E-state index contributed by atoms with van der Waals surface area (Å²) in [6.45, 7) is 5.47. The number of nitrogens with one attached hydrogen (secondary N) is 2. The Bertz CT molecular complexity index is 1260. The Kier molecular flexibility index (Phi) is 7.33. The van der Waals surface area contributed by atoms with Gasteiger partial charge in [0.2, 0.25) is 5.91 Å². The van der Waals surface area contributed by atoms with Crippen LogP contribution in [0.4, 0.5) is 10.1 Å². The highest BCUT2D eigenvalue weighted by molar-refractivity contribution is 6.41. The number of carbonyl (C=O) groups excluding carboxylic acids is 3. The van der Waals surface area contributed by atoms with E-state index in [0.717, 1.165) is 36.0 Å². The molecule has 3 amide bonds. The fraction of sp³-hybridized carbons (Fsp3) is 0.357. The summed E-state index contributed by atoms with van der Waals surface area (Å²) in [6.07, 6.45) is 5.07. The predicted octanol–water partition coefficient (Wildman–Crippen LogP) is 4.42. The van der Waals surface area contributed by atoms with E-state index in [4.69, 9.17) is 0 Å². The molecule has 2 aromatic carbocycles. The van der Waals surface area contributed by atoms with Crippen LogP contribution in [0.2, 0.25) is 0 Å². The van der Waals surface area contributed by atoms with E-state index >= 15 is 0 Å². The second-order valence-corrected chi connectivity index (χ2v) is 10.2. The minimum Gasteiger partial charge on any atom is -0.349 e. The average molecular weight is 491 g/mol. The Hall–Kier alpha value is -3.81. The van der Waals surface area contributed by atoms with Crippen molar-refractivity contribution in [2.24, 2.45) is 0 Å². The molecule has 1 saturated carbocycles. The van der Waals surface area contributed by atoms with Crippen LogP contribution in [0.5, 0.6) is 0 Å². The van der Waals surface area contributed by atoms with E-state index in [1.54, 1.807) is 6.07 Å². The van der Waals surface area contributed by atoms with Crippen LogP contribution < -0.4 is 15.5 Å². The number of para-hydroxylation sites is 1. The monoisotopic (exact) mass is 490 g/mol. The minimum absolute atomic E-state index is 0.0781. The molecule has 36 heavy (non-hydrogen) atoms. The van der Waals surface area contributed by atoms with E-state index in [2.05, 4.69) is 15.6 Å². The number of rotatable bonds is 5. The van der Waals surface area contributed by atoms with Gasteiger partial charge in [0.05, 0.1) is 17.4 Å². The lowest BCUT2D eigenvalue weighted by atomic mass is 10.0. The van der Waals surface area contributed by atoms with E-state index in [-0.39, 0.29) is 6.04 Å². The molecule has 0 saturated heterocycles. The van der Waals surface area contributed by atoms with Crippen LogP contribution in [0.15, 0.2) is 60.8 Å². The lowest BCUT2D eigenvalue weighted by Crippen LogP contribution is -2.53. The van der Waals surface area contributed by atoms with Crippen molar-refractivity contribution >= 4 is 34.3 Å². The second-order valence-electron chi connectivity index (χ2n) is 10.2. The van der Waals surface area contributed by atoms with Crippen molar-refractivity contribution < 1.29 is 18.8 Å². The van der Waals surface area contributed by atoms with Gasteiger partial charge in [-0.2, -0.15) is 0 Å². The van der Waals surface area contributed by atoms with E-state index in [9.17, 15) is 18.8 Å². The molecule has 7 nitrogen and oxygen atoms in total. The van der Waals surface area contributed by atoms with Crippen molar-refractivity contribution in [1.82, 2.24) is 15.6 Å². The van der Waals surface area contributed by atoms with E-state index in [0.29, 0.717) is 16.8 Å². The Balaban J connectivity index is 1.82. The first-order valence-corrected chi connectivity index (χ1v) is 12.2. The molecule has 188 valence electrons. The Morgan fingerprint density at radius 1 is 1.03 bits per heavy atom. The van der Waals surface area contributed by atoms with Gasteiger partial charge in [-0.3, -0.25) is 24.3 Å². The van der Waals surface area contributed by atoms with Crippen molar-refractivity contribution in [2.45, 2.75) is 64.1 Å². The van der Waals surface area contributed by atoms with Gasteiger partial charge in [-0.25, -0.2) is 4.39 Å². The molecule has 1 aliphatic rings. The summed E-state index contributed by atoms with van der Waals surface area (Å²) in [6, 6.07) is 13.2. The first kappa shape index (κ1) is 25.3. The fourth-order valence-electron chi connectivity index (χ4n) is 4.50. The molecule has 1 aliphatic carbocycles. The van der Waals surface area contributed by atoms with Crippen LogP contribution in [-0.4, -0.2) is 34.3 Å². The van der Waals surface area contributed by atoms with Gasteiger partial charge in [0.1, 0.15) is 11.9 Å². The normalized spacial score (nSPS) is 14.9. The number of pyridine rings is 1. The number of carbonyl (C=O) groups is 3. The van der Waals surface area contributed by atoms with Gasteiger partial charge in [-0.1, -0.05) is 43.2 Å². The molecule has 0 unspecified atom stereocenters. The Labute approximate surface area is 210 Å². The first-order chi connectivity index (χ1) is 17.1. The molecule has 2 N–H and O–H groups in total. The molecule has 0 radical (unpaired) electrons. The van der Waals surface area contributed by atoms with Crippen molar-refractivity contribution in [1.29, 1.82) is 0 Å². The maximum Gasteiger partial charge on any atom is 0.317 e. The summed E-state index contributed by atoms with van der Waals surface area (Å²) in [5.41, 5.74) is 0.756. The van der Waals surface area contributed by atoms with E-state index in [1.165, 1.54) is 30.5 Å². The zero-order valence-corrected chi connectivity index (χ0v) is 20.8. The third kappa shape index (κ3) is 5.87. The third-order valence-electron chi connectivity index (χ3n) is 6.15. The second kappa shape index (κ2) is 10.4. The molecule has 0 aliphatic heterocycles. The first-order valence-electron chi connectivity index (χ1n) is 12.2. The van der Waals surface area contributed by atoms with E-state index in [1.807, 2.05) is 45.0 Å². The number of halogens is 1. The summed E-state index contributed by atoms with van der Waals surface area (Å²) in [5.74, 6) is -2.63. The smallest absolute Gasteiger partial charge is 0.317 e. The molecule has 0 spiro atoms. The Morgan fingerprint density at radius 2 is 1.69 bits per heavy atom. The van der Waals surface area contributed by atoms with Crippen molar-refractivity contribution in [3.8, 4) is 0 Å². The maximum absolute atomic E-state index is 13.8. The number of aromatic nitrogens is 1. The fourth-order valence-corrected chi connectivity index (χ4v) is 4.50. The predicted molar refractivity (Wildman–Crippen MR) is 137 cm³/mol. The van der Waals surface area contributed by atoms with Crippen LogP contribution in [0.25, 0.3) is 10.9 Å². The maximum atomic E-state index is 13.8. The minimum atomic E-state index is -1.23. The van der Waals surface area contributed by atoms with Gasteiger partial charge in [0.25, 0.3) is 0 Å². The number of hydrogen-bond acceptors (Lipinski definition) is 4. The lowest BCUT2D eigenvalue weighted by Gasteiger charge is -2.33. The molecule has 1 atom stereocenters. The average Bonchev–Trinajstić information content (AvgIpc) is 3.34. The molecule has 1 heterocycles. The summed E-state index contributed by atoms with van der Waals surface area (Å²) in [5, 5.41) is 6.48. The number of fused-ring (bicyclic) bond motifs is 1. The van der Waals surface area contributed by atoms with Crippen molar-refractivity contribution in [3.05, 3.63) is 72.2 Å². The molecule has 4 rings (SSSR count). The topological polar surface area (TPSA) is 91.4 Å². The molecular formula is C28H31FN4O3. The highest BCUT2D eigenvalue weighted by atomic mass is 19.1. The zero-order chi connectivity index (χ0) is 25.9. The highest BCUT2D eigenvalue weighted by Crippen LogP contribution is 2.31. The number of anilines is 1. The van der Waals surface area contributed by atoms with Gasteiger partial charge < -0.3 is 10.6 Å². The van der Waals surface area contributed by atoms with Crippen LogP contribution in [-0.2, 0) is 14.4 Å². The van der Waals surface area contributed by atoms with Crippen LogP contribution in [0.3, 0.4) is 0 Å². The third-order valence-corrected chi connectivity index (χ3v) is 6.15.